The Labute approximate surface area is 93.7 Å². The second-order valence-electron chi connectivity index (χ2n) is 4.81. The van der Waals surface area contributed by atoms with E-state index < -0.39 is 0 Å². The van der Waals surface area contributed by atoms with Gasteiger partial charge in [-0.25, -0.2) is 0 Å². The average molecular weight is 205 g/mol. The van der Waals surface area contributed by atoms with Crippen LogP contribution in [0.3, 0.4) is 0 Å². The summed E-state index contributed by atoms with van der Waals surface area (Å²) in [6, 6.07) is 6.51. The van der Waals surface area contributed by atoms with Crippen LogP contribution in [0.15, 0.2) is 18.2 Å². The lowest BCUT2D eigenvalue weighted by Crippen LogP contribution is -2.22. The SMILES string of the molecule is Cc1cccc(C)c1CC(CN)C(C)C. The van der Waals surface area contributed by atoms with E-state index in [1.165, 1.54) is 16.7 Å². The molecule has 1 nitrogen and oxygen atoms in total. The lowest BCUT2D eigenvalue weighted by atomic mass is 9.86. The maximum Gasteiger partial charge on any atom is -0.00432 e. The van der Waals surface area contributed by atoms with Crippen molar-refractivity contribution in [1.29, 1.82) is 0 Å². The van der Waals surface area contributed by atoms with Gasteiger partial charge in [0, 0.05) is 0 Å². The highest BCUT2D eigenvalue weighted by atomic mass is 14.6. The van der Waals surface area contributed by atoms with Gasteiger partial charge in [-0.15, -0.1) is 0 Å². The van der Waals surface area contributed by atoms with Crippen molar-refractivity contribution >= 4 is 0 Å². The fourth-order valence-electron chi connectivity index (χ4n) is 2.02. The molecule has 2 N–H and O–H groups in total. The van der Waals surface area contributed by atoms with Crippen LogP contribution < -0.4 is 5.73 Å². The Bertz CT molecular complexity index is 295. The first kappa shape index (κ1) is 12.3. The molecule has 0 saturated heterocycles. The summed E-state index contributed by atoms with van der Waals surface area (Å²) < 4.78 is 0. The van der Waals surface area contributed by atoms with Crippen molar-refractivity contribution in [3.63, 3.8) is 0 Å². The van der Waals surface area contributed by atoms with Crippen LogP contribution in [0.5, 0.6) is 0 Å². The summed E-state index contributed by atoms with van der Waals surface area (Å²) in [6.07, 6.45) is 1.12. The molecule has 15 heavy (non-hydrogen) atoms. The quantitative estimate of drug-likeness (QED) is 0.803. The number of hydrogen-bond donors (Lipinski definition) is 1. The first-order valence-electron chi connectivity index (χ1n) is 5.81. The van der Waals surface area contributed by atoms with Crippen molar-refractivity contribution in [2.45, 2.75) is 34.1 Å². The first-order chi connectivity index (χ1) is 7.06. The molecule has 0 radical (unpaired) electrons. The molecule has 1 heteroatoms. The summed E-state index contributed by atoms with van der Waals surface area (Å²) in [5.41, 5.74) is 10.1. The van der Waals surface area contributed by atoms with Gasteiger partial charge in [0.1, 0.15) is 0 Å². The highest BCUT2D eigenvalue weighted by molar-refractivity contribution is 5.33. The van der Waals surface area contributed by atoms with Gasteiger partial charge >= 0.3 is 0 Å². The van der Waals surface area contributed by atoms with Gasteiger partial charge in [-0.1, -0.05) is 32.0 Å². The summed E-state index contributed by atoms with van der Waals surface area (Å²) in [6.45, 7) is 9.67. The summed E-state index contributed by atoms with van der Waals surface area (Å²) in [7, 11) is 0. The van der Waals surface area contributed by atoms with E-state index in [-0.39, 0.29) is 0 Å². The van der Waals surface area contributed by atoms with E-state index in [2.05, 4.69) is 45.9 Å². The third-order valence-corrected chi connectivity index (χ3v) is 3.36. The molecule has 0 aliphatic rings. The Balaban J connectivity index is 2.87. The third-order valence-electron chi connectivity index (χ3n) is 3.36. The molecule has 0 saturated carbocycles. The fourth-order valence-corrected chi connectivity index (χ4v) is 2.02. The lowest BCUT2D eigenvalue weighted by molar-refractivity contribution is 0.391. The molecular weight excluding hydrogens is 182 g/mol. The summed E-state index contributed by atoms with van der Waals surface area (Å²) in [5.74, 6) is 1.26. The molecule has 0 aliphatic heterocycles. The van der Waals surface area contributed by atoms with Gasteiger partial charge < -0.3 is 5.73 Å². The van der Waals surface area contributed by atoms with Crippen molar-refractivity contribution in [1.82, 2.24) is 0 Å². The van der Waals surface area contributed by atoms with Gasteiger partial charge in [0.15, 0.2) is 0 Å². The molecule has 1 aromatic rings. The highest BCUT2D eigenvalue weighted by Gasteiger charge is 2.14. The van der Waals surface area contributed by atoms with Crippen molar-refractivity contribution in [2.24, 2.45) is 17.6 Å². The highest BCUT2D eigenvalue weighted by Crippen LogP contribution is 2.21. The van der Waals surface area contributed by atoms with Gasteiger partial charge in [-0.2, -0.15) is 0 Å². The van der Waals surface area contributed by atoms with Crippen LogP contribution >= 0.6 is 0 Å². The number of hydrogen-bond acceptors (Lipinski definition) is 1. The van der Waals surface area contributed by atoms with E-state index in [9.17, 15) is 0 Å². The number of nitrogens with two attached hydrogens (primary N) is 1. The minimum Gasteiger partial charge on any atom is -0.330 e. The smallest absolute Gasteiger partial charge is 0.00432 e. The minimum absolute atomic E-state index is 0.602. The average Bonchev–Trinajstić information content (AvgIpc) is 2.17. The second kappa shape index (κ2) is 5.32. The van der Waals surface area contributed by atoms with E-state index in [0.29, 0.717) is 11.8 Å². The van der Waals surface area contributed by atoms with Gasteiger partial charge in [-0.05, 0) is 55.3 Å². The zero-order chi connectivity index (χ0) is 11.4. The predicted octanol–water partition coefficient (Wildman–Crippen LogP) is 3.08. The van der Waals surface area contributed by atoms with E-state index in [1.807, 2.05) is 0 Å². The van der Waals surface area contributed by atoms with Crippen LogP contribution in [0.2, 0.25) is 0 Å². The maximum absolute atomic E-state index is 5.82. The third kappa shape index (κ3) is 3.07. The van der Waals surface area contributed by atoms with Crippen LogP contribution in [-0.4, -0.2) is 6.54 Å². The summed E-state index contributed by atoms with van der Waals surface area (Å²) >= 11 is 0. The molecule has 1 atom stereocenters. The molecule has 84 valence electrons. The summed E-state index contributed by atoms with van der Waals surface area (Å²) in [5, 5.41) is 0. The van der Waals surface area contributed by atoms with Crippen molar-refractivity contribution in [3.05, 3.63) is 34.9 Å². The molecule has 0 aromatic heterocycles. The van der Waals surface area contributed by atoms with Crippen LogP contribution in [-0.2, 0) is 6.42 Å². The number of rotatable bonds is 4. The molecule has 1 unspecified atom stereocenters. The van der Waals surface area contributed by atoms with Crippen LogP contribution in [0.25, 0.3) is 0 Å². The Hall–Kier alpha value is -0.820. The molecule has 0 bridgehead atoms. The van der Waals surface area contributed by atoms with Gasteiger partial charge in [0.25, 0.3) is 0 Å². The van der Waals surface area contributed by atoms with Crippen molar-refractivity contribution in [3.8, 4) is 0 Å². The molecule has 0 spiro atoms. The monoisotopic (exact) mass is 205 g/mol. The minimum atomic E-state index is 0.602. The zero-order valence-corrected chi connectivity index (χ0v) is 10.4. The van der Waals surface area contributed by atoms with E-state index in [4.69, 9.17) is 5.73 Å². The van der Waals surface area contributed by atoms with Gasteiger partial charge in [0.05, 0.1) is 0 Å². The first-order valence-corrected chi connectivity index (χ1v) is 5.81. The van der Waals surface area contributed by atoms with Gasteiger partial charge in [0.2, 0.25) is 0 Å². The molecule has 0 heterocycles. The molecule has 1 aromatic carbocycles. The zero-order valence-electron chi connectivity index (χ0n) is 10.4. The predicted molar refractivity (Wildman–Crippen MR) is 67.0 cm³/mol. The topological polar surface area (TPSA) is 26.0 Å². The Morgan fingerprint density at radius 1 is 1.13 bits per heavy atom. The molecule has 1 rings (SSSR count). The summed E-state index contributed by atoms with van der Waals surface area (Å²) in [4.78, 5) is 0. The van der Waals surface area contributed by atoms with Gasteiger partial charge in [-0.3, -0.25) is 0 Å². The largest absolute Gasteiger partial charge is 0.330 e. The van der Waals surface area contributed by atoms with E-state index in [1.54, 1.807) is 0 Å². The van der Waals surface area contributed by atoms with Crippen LogP contribution in [0, 0.1) is 25.7 Å². The van der Waals surface area contributed by atoms with Crippen molar-refractivity contribution in [2.75, 3.05) is 6.54 Å². The maximum atomic E-state index is 5.82. The van der Waals surface area contributed by atoms with Crippen LogP contribution in [0.1, 0.15) is 30.5 Å². The Morgan fingerprint density at radius 2 is 1.67 bits per heavy atom. The Morgan fingerprint density at radius 3 is 2.07 bits per heavy atom. The number of benzene rings is 1. The van der Waals surface area contributed by atoms with E-state index in [0.717, 1.165) is 13.0 Å². The van der Waals surface area contributed by atoms with Crippen molar-refractivity contribution < 1.29 is 0 Å². The normalized spacial score (nSPS) is 13.2. The van der Waals surface area contributed by atoms with E-state index >= 15 is 0 Å². The lowest BCUT2D eigenvalue weighted by Gasteiger charge is -2.21. The molecule has 0 amide bonds. The molecule has 0 fully saturated rings. The second-order valence-corrected chi connectivity index (χ2v) is 4.81. The molecule has 0 aliphatic carbocycles. The molecular formula is C14H23N. The fraction of sp³-hybridized carbons (Fsp3) is 0.571. The Kier molecular flexibility index (Phi) is 4.34. The standard InChI is InChI=1S/C14H23N/c1-10(2)13(9-15)8-14-11(3)6-5-7-12(14)4/h5-7,10,13H,8-9,15H2,1-4H3. The van der Waals surface area contributed by atoms with Crippen LogP contribution in [0.4, 0.5) is 0 Å². The number of aryl methyl sites for hydroxylation is 2.